The van der Waals surface area contributed by atoms with Crippen molar-refractivity contribution in [2.24, 2.45) is 5.92 Å². The van der Waals surface area contributed by atoms with Gasteiger partial charge in [0, 0.05) is 0 Å². The van der Waals surface area contributed by atoms with Gasteiger partial charge in [0.25, 0.3) is 0 Å². The van der Waals surface area contributed by atoms with Crippen molar-refractivity contribution in [1.82, 2.24) is 0 Å². The van der Waals surface area contributed by atoms with E-state index in [0.717, 1.165) is 31.4 Å². The zero-order valence-electron chi connectivity index (χ0n) is 10.3. The van der Waals surface area contributed by atoms with Gasteiger partial charge in [-0.05, 0) is 42.9 Å². The summed E-state index contributed by atoms with van der Waals surface area (Å²) in [7, 11) is 0. The molecule has 1 N–H and O–H groups in total. The Morgan fingerprint density at radius 2 is 1.61 bits per heavy atom. The van der Waals surface area contributed by atoms with Crippen LogP contribution in [0, 0.1) is 5.92 Å². The molecule has 1 nitrogen and oxygen atoms in total. The summed E-state index contributed by atoms with van der Waals surface area (Å²) in [5.41, 5.74) is -1.00. The Hall–Kier alpha value is -1.03. The largest absolute Gasteiger partial charge is 0.416 e. The van der Waals surface area contributed by atoms with Crippen LogP contribution in [0.3, 0.4) is 0 Å². The fourth-order valence-electron chi connectivity index (χ4n) is 2.47. The Morgan fingerprint density at radius 1 is 1.11 bits per heavy atom. The minimum atomic E-state index is -4.32. The smallest absolute Gasteiger partial charge is 0.385 e. The van der Waals surface area contributed by atoms with Crippen molar-refractivity contribution >= 4 is 0 Å². The van der Waals surface area contributed by atoms with E-state index in [-0.39, 0.29) is 5.92 Å². The molecule has 4 heteroatoms. The van der Waals surface area contributed by atoms with E-state index in [2.05, 4.69) is 0 Å². The third kappa shape index (κ3) is 2.53. The second-order valence-corrected chi connectivity index (χ2v) is 5.02. The van der Waals surface area contributed by atoms with Crippen LogP contribution in [0.1, 0.15) is 43.7 Å². The van der Waals surface area contributed by atoms with Crippen molar-refractivity contribution in [3.05, 3.63) is 35.4 Å². The molecule has 0 heterocycles. The second kappa shape index (κ2) is 4.57. The summed E-state index contributed by atoms with van der Waals surface area (Å²) in [6, 6.07) is 4.93. The lowest BCUT2D eigenvalue weighted by atomic mass is 9.84. The highest BCUT2D eigenvalue weighted by Gasteiger charge is 2.44. The van der Waals surface area contributed by atoms with Crippen LogP contribution >= 0.6 is 0 Å². The van der Waals surface area contributed by atoms with E-state index in [1.807, 2.05) is 6.92 Å². The molecule has 1 unspecified atom stereocenters. The fourth-order valence-corrected chi connectivity index (χ4v) is 2.47. The zero-order chi connectivity index (χ0) is 13.4. The average molecular weight is 258 g/mol. The Labute approximate surface area is 105 Å². The van der Waals surface area contributed by atoms with Gasteiger partial charge in [-0.2, -0.15) is 13.2 Å². The van der Waals surface area contributed by atoms with Crippen molar-refractivity contribution in [2.45, 2.75) is 44.4 Å². The molecule has 0 bridgehead atoms. The van der Waals surface area contributed by atoms with Gasteiger partial charge in [-0.15, -0.1) is 0 Å². The number of halogens is 3. The lowest BCUT2D eigenvalue weighted by Gasteiger charge is -2.28. The number of hydrogen-bond acceptors (Lipinski definition) is 1. The first-order chi connectivity index (χ1) is 8.38. The molecule has 1 saturated carbocycles. The SMILES string of the molecule is CCCC(O)(c1ccc(C(F)(F)F)cc1)C1CC1. The lowest BCUT2D eigenvalue weighted by molar-refractivity contribution is -0.137. The topological polar surface area (TPSA) is 20.2 Å². The maximum atomic E-state index is 12.5. The number of hydrogen-bond donors (Lipinski definition) is 1. The summed E-state index contributed by atoms with van der Waals surface area (Å²) in [6.45, 7) is 1.97. The first-order valence-corrected chi connectivity index (χ1v) is 6.28. The van der Waals surface area contributed by atoms with Gasteiger partial charge in [0.05, 0.1) is 11.2 Å². The summed E-state index contributed by atoms with van der Waals surface area (Å²) >= 11 is 0. The van der Waals surface area contributed by atoms with Crippen LogP contribution in [0.4, 0.5) is 13.2 Å². The molecule has 1 aromatic carbocycles. The van der Waals surface area contributed by atoms with Gasteiger partial charge in [-0.1, -0.05) is 25.5 Å². The van der Waals surface area contributed by atoms with Crippen molar-refractivity contribution in [3.63, 3.8) is 0 Å². The standard InChI is InChI=1S/C14H17F3O/c1-2-9-13(18,10-3-4-10)11-5-7-12(8-6-11)14(15,16)17/h5-8,10,18H,2-4,9H2,1H3. The third-order valence-electron chi connectivity index (χ3n) is 3.60. The molecule has 1 fully saturated rings. The van der Waals surface area contributed by atoms with Crippen molar-refractivity contribution < 1.29 is 18.3 Å². The summed E-state index contributed by atoms with van der Waals surface area (Å²) in [5.74, 6) is 0.203. The monoisotopic (exact) mass is 258 g/mol. The predicted molar refractivity (Wildman–Crippen MR) is 63.0 cm³/mol. The molecule has 1 aromatic rings. The normalized spacial score (nSPS) is 19.6. The molecular weight excluding hydrogens is 241 g/mol. The Morgan fingerprint density at radius 3 is 2.00 bits per heavy atom. The van der Waals surface area contributed by atoms with Crippen molar-refractivity contribution in [2.75, 3.05) is 0 Å². The van der Waals surface area contributed by atoms with Crippen LogP contribution in [0.2, 0.25) is 0 Å². The van der Waals surface area contributed by atoms with Crippen LogP contribution in [0.15, 0.2) is 24.3 Å². The van der Waals surface area contributed by atoms with E-state index < -0.39 is 17.3 Å². The van der Waals surface area contributed by atoms with E-state index in [1.54, 1.807) is 0 Å². The second-order valence-electron chi connectivity index (χ2n) is 5.02. The van der Waals surface area contributed by atoms with Crippen LogP contribution in [0.25, 0.3) is 0 Å². The number of benzene rings is 1. The Balaban J connectivity index is 2.27. The maximum Gasteiger partial charge on any atom is 0.416 e. The van der Waals surface area contributed by atoms with E-state index in [0.29, 0.717) is 12.0 Å². The van der Waals surface area contributed by atoms with Gasteiger partial charge in [0.2, 0.25) is 0 Å². The van der Waals surface area contributed by atoms with Crippen LogP contribution in [0.5, 0.6) is 0 Å². The molecule has 0 spiro atoms. The molecule has 1 aliphatic rings. The summed E-state index contributed by atoms with van der Waals surface area (Å²) in [6.07, 6.45) is -0.993. The van der Waals surface area contributed by atoms with Crippen LogP contribution < -0.4 is 0 Å². The summed E-state index contributed by atoms with van der Waals surface area (Å²) in [4.78, 5) is 0. The lowest BCUT2D eigenvalue weighted by Crippen LogP contribution is -2.28. The molecule has 0 amide bonds. The highest BCUT2D eigenvalue weighted by Crippen LogP contribution is 2.48. The molecule has 100 valence electrons. The minimum absolute atomic E-state index is 0.203. The molecule has 1 atom stereocenters. The third-order valence-corrected chi connectivity index (χ3v) is 3.60. The van der Waals surface area contributed by atoms with E-state index in [4.69, 9.17) is 0 Å². The zero-order valence-corrected chi connectivity index (χ0v) is 10.3. The quantitative estimate of drug-likeness (QED) is 0.862. The molecule has 0 aromatic heterocycles. The van der Waals surface area contributed by atoms with Crippen molar-refractivity contribution in [3.8, 4) is 0 Å². The van der Waals surface area contributed by atoms with Gasteiger partial charge >= 0.3 is 6.18 Å². The predicted octanol–water partition coefficient (Wildman–Crippen LogP) is 4.10. The van der Waals surface area contributed by atoms with Crippen LogP contribution in [-0.2, 0) is 11.8 Å². The molecule has 0 radical (unpaired) electrons. The van der Waals surface area contributed by atoms with Crippen molar-refractivity contribution in [1.29, 1.82) is 0 Å². The molecule has 0 aliphatic heterocycles. The Kier molecular flexibility index (Phi) is 3.41. The van der Waals surface area contributed by atoms with Gasteiger partial charge in [0.1, 0.15) is 0 Å². The van der Waals surface area contributed by atoms with Crippen LogP contribution in [-0.4, -0.2) is 5.11 Å². The average Bonchev–Trinajstić information content (AvgIpc) is 3.12. The number of rotatable bonds is 4. The maximum absolute atomic E-state index is 12.5. The van der Waals surface area contributed by atoms with E-state index >= 15 is 0 Å². The van der Waals surface area contributed by atoms with Gasteiger partial charge in [0.15, 0.2) is 0 Å². The number of alkyl halides is 3. The molecule has 18 heavy (non-hydrogen) atoms. The molecular formula is C14H17F3O. The first-order valence-electron chi connectivity index (χ1n) is 6.28. The van der Waals surface area contributed by atoms with Gasteiger partial charge < -0.3 is 5.11 Å². The Bertz CT molecular complexity index is 406. The first kappa shape index (κ1) is 13.4. The molecule has 2 rings (SSSR count). The molecule has 1 aliphatic carbocycles. The number of aliphatic hydroxyl groups is 1. The summed E-state index contributed by atoms with van der Waals surface area (Å²) < 4.78 is 37.4. The van der Waals surface area contributed by atoms with Gasteiger partial charge in [-0.25, -0.2) is 0 Å². The summed E-state index contributed by atoms with van der Waals surface area (Å²) in [5, 5.41) is 10.6. The highest BCUT2D eigenvalue weighted by atomic mass is 19.4. The van der Waals surface area contributed by atoms with E-state index in [1.165, 1.54) is 12.1 Å². The van der Waals surface area contributed by atoms with E-state index in [9.17, 15) is 18.3 Å². The highest BCUT2D eigenvalue weighted by molar-refractivity contribution is 5.30. The van der Waals surface area contributed by atoms with Gasteiger partial charge in [-0.3, -0.25) is 0 Å². The fraction of sp³-hybridized carbons (Fsp3) is 0.571. The minimum Gasteiger partial charge on any atom is -0.385 e. The molecule has 0 saturated heterocycles.